The van der Waals surface area contributed by atoms with Crippen molar-refractivity contribution in [2.45, 2.75) is 38.4 Å². The quantitative estimate of drug-likeness (QED) is 0.128. The molecule has 5 N–H and O–H groups in total. The number of pyridine rings is 1. The van der Waals surface area contributed by atoms with Gasteiger partial charge in [0.25, 0.3) is 0 Å². The van der Waals surface area contributed by atoms with Gasteiger partial charge in [0.15, 0.2) is 0 Å². The van der Waals surface area contributed by atoms with E-state index < -0.39 is 30.1 Å². The highest BCUT2D eigenvalue weighted by atomic mass is 19.4. The maximum Gasteiger partial charge on any atom is 0.490 e. The molecule has 0 fully saturated rings. The molecular formula is C33H33F3N4O6. The number of nitrogens with zero attached hydrogens (tertiary/aromatic N) is 1. The van der Waals surface area contributed by atoms with Crippen molar-refractivity contribution in [3.8, 4) is 11.1 Å². The molecule has 2 amide bonds. The second kappa shape index (κ2) is 16.6. The Hall–Kier alpha value is -5.46. The highest BCUT2D eigenvalue weighted by molar-refractivity contribution is 5.87. The second-order valence-corrected chi connectivity index (χ2v) is 10.2. The van der Waals surface area contributed by atoms with Gasteiger partial charge in [0, 0.05) is 19.2 Å². The lowest BCUT2D eigenvalue weighted by Crippen LogP contribution is -2.39. The molecule has 1 aromatic heterocycles. The van der Waals surface area contributed by atoms with Crippen molar-refractivity contribution in [1.82, 2.24) is 15.6 Å². The molecule has 0 aliphatic heterocycles. The lowest BCUT2D eigenvalue weighted by Gasteiger charge is -2.18. The fourth-order valence-electron chi connectivity index (χ4n) is 4.31. The summed E-state index contributed by atoms with van der Waals surface area (Å²) in [7, 11) is 0. The van der Waals surface area contributed by atoms with Gasteiger partial charge < -0.3 is 26.2 Å². The van der Waals surface area contributed by atoms with E-state index in [9.17, 15) is 32.7 Å². The van der Waals surface area contributed by atoms with Crippen LogP contribution in [0.2, 0.25) is 0 Å². The van der Waals surface area contributed by atoms with Gasteiger partial charge in [-0.2, -0.15) is 13.2 Å². The molecule has 4 aromatic rings. The van der Waals surface area contributed by atoms with Crippen LogP contribution in [0.4, 0.5) is 19.0 Å². The fourth-order valence-corrected chi connectivity index (χ4v) is 4.31. The predicted octanol–water partition coefficient (Wildman–Crippen LogP) is 5.48. The predicted molar refractivity (Wildman–Crippen MR) is 166 cm³/mol. The average molecular weight is 639 g/mol. The van der Waals surface area contributed by atoms with E-state index in [2.05, 4.69) is 45.2 Å². The van der Waals surface area contributed by atoms with Crippen LogP contribution >= 0.6 is 0 Å². The molecule has 1 unspecified atom stereocenters. The van der Waals surface area contributed by atoms with E-state index in [1.807, 2.05) is 61.5 Å². The summed E-state index contributed by atoms with van der Waals surface area (Å²) in [6, 6.07) is 25.0. The molecule has 242 valence electrons. The summed E-state index contributed by atoms with van der Waals surface area (Å²) in [4.78, 5) is 49.3. The number of carboxylic acids is 2. The minimum absolute atomic E-state index is 0.225. The number of anilines is 1. The SMILES string of the molecule is Cc1ccnc(NCCCC(=O)NCC(=O)NC(CC(=O)O)c2ccc(-c3ccc4ccccc4c3)cc2)c1.O=C(O)C(F)(F)F. The van der Waals surface area contributed by atoms with Crippen molar-refractivity contribution >= 4 is 40.3 Å². The van der Waals surface area contributed by atoms with Crippen LogP contribution in [-0.2, 0) is 19.2 Å². The molecule has 0 spiro atoms. The van der Waals surface area contributed by atoms with Crippen LogP contribution in [-0.4, -0.2) is 58.2 Å². The largest absolute Gasteiger partial charge is 0.490 e. The van der Waals surface area contributed by atoms with Crippen LogP contribution < -0.4 is 16.0 Å². The number of alkyl halides is 3. The number of amides is 2. The van der Waals surface area contributed by atoms with Crippen molar-refractivity contribution in [1.29, 1.82) is 0 Å². The summed E-state index contributed by atoms with van der Waals surface area (Å²) < 4.78 is 31.7. The number of rotatable bonds is 12. The van der Waals surface area contributed by atoms with Crippen molar-refractivity contribution < 1.29 is 42.6 Å². The van der Waals surface area contributed by atoms with E-state index in [0.717, 1.165) is 33.3 Å². The van der Waals surface area contributed by atoms with E-state index >= 15 is 0 Å². The first-order valence-corrected chi connectivity index (χ1v) is 14.2. The van der Waals surface area contributed by atoms with Gasteiger partial charge >= 0.3 is 18.1 Å². The molecule has 10 nitrogen and oxygen atoms in total. The minimum atomic E-state index is -5.08. The Morgan fingerprint density at radius 3 is 2.13 bits per heavy atom. The summed E-state index contributed by atoms with van der Waals surface area (Å²) in [5, 5.41) is 27.3. The summed E-state index contributed by atoms with van der Waals surface area (Å²) in [6.07, 6.45) is -2.80. The van der Waals surface area contributed by atoms with Crippen molar-refractivity contribution in [2.75, 3.05) is 18.4 Å². The first-order valence-electron chi connectivity index (χ1n) is 14.2. The molecule has 1 heterocycles. The molecule has 1 atom stereocenters. The number of fused-ring (bicyclic) bond motifs is 1. The third kappa shape index (κ3) is 11.6. The summed E-state index contributed by atoms with van der Waals surface area (Å²) in [5.74, 6) is -3.73. The number of aromatic nitrogens is 1. The van der Waals surface area contributed by atoms with Crippen LogP contribution in [0.1, 0.15) is 36.4 Å². The van der Waals surface area contributed by atoms with Crippen LogP contribution in [0.3, 0.4) is 0 Å². The van der Waals surface area contributed by atoms with Gasteiger partial charge in [-0.15, -0.1) is 0 Å². The first kappa shape index (κ1) is 35.0. The molecule has 0 radical (unpaired) electrons. The van der Waals surface area contributed by atoms with Gasteiger partial charge in [0.2, 0.25) is 11.8 Å². The smallest absolute Gasteiger partial charge is 0.481 e. The van der Waals surface area contributed by atoms with Gasteiger partial charge in [-0.05, 0) is 64.6 Å². The lowest BCUT2D eigenvalue weighted by molar-refractivity contribution is -0.192. The Labute approximate surface area is 262 Å². The van der Waals surface area contributed by atoms with E-state index in [0.29, 0.717) is 18.5 Å². The number of carbonyl (C=O) groups excluding carboxylic acids is 2. The second-order valence-electron chi connectivity index (χ2n) is 10.2. The molecule has 0 aliphatic carbocycles. The summed E-state index contributed by atoms with van der Waals surface area (Å²) >= 11 is 0. The zero-order valence-electron chi connectivity index (χ0n) is 24.8. The molecule has 4 rings (SSSR count). The highest BCUT2D eigenvalue weighted by Crippen LogP contribution is 2.26. The van der Waals surface area contributed by atoms with Gasteiger partial charge in [0.05, 0.1) is 19.0 Å². The third-order valence-corrected chi connectivity index (χ3v) is 6.60. The molecule has 13 heteroatoms. The van der Waals surface area contributed by atoms with Crippen molar-refractivity contribution in [3.63, 3.8) is 0 Å². The van der Waals surface area contributed by atoms with Crippen molar-refractivity contribution in [3.05, 3.63) is 96.2 Å². The number of hydrogen-bond donors (Lipinski definition) is 5. The van der Waals surface area contributed by atoms with Crippen LogP contribution in [0, 0.1) is 6.92 Å². The van der Waals surface area contributed by atoms with E-state index in [1.54, 1.807) is 6.20 Å². The molecule has 0 bridgehead atoms. The highest BCUT2D eigenvalue weighted by Gasteiger charge is 2.38. The molecule has 0 aliphatic rings. The number of carboxylic acid groups (broad SMARTS) is 2. The topological polar surface area (TPSA) is 158 Å². The molecular weight excluding hydrogens is 605 g/mol. The number of nitrogens with one attached hydrogen (secondary N) is 3. The molecule has 46 heavy (non-hydrogen) atoms. The number of aryl methyl sites for hydroxylation is 1. The van der Waals surface area contributed by atoms with Crippen molar-refractivity contribution in [2.24, 2.45) is 0 Å². The van der Waals surface area contributed by atoms with Gasteiger partial charge in [-0.25, -0.2) is 9.78 Å². The van der Waals surface area contributed by atoms with Gasteiger partial charge in [-0.1, -0.05) is 60.7 Å². The first-order chi connectivity index (χ1) is 21.8. The van der Waals surface area contributed by atoms with Crippen LogP contribution in [0.15, 0.2) is 85.1 Å². The number of carbonyl (C=O) groups is 4. The number of aliphatic carboxylic acids is 2. The molecule has 3 aromatic carbocycles. The van der Waals surface area contributed by atoms with E-state index in [1.165, 1.54) is 0 Å². The van der Waals surface area contributed by atoms with Crippen LogP contribution in [0.5, 0.6) is 0 Å². The Kier molecular flexibility index (Phi) is 12.6. The Balaban J connectivity index is 0.000000738. The Morgan fingerprint density at radius 1 is 0.848 bits per heavy atom. The Morgan fingerprint density at radius 2 is 1.50 bits per heavy atom. The average Bonchev–Trinajstić information content (AvgIpc) is 3.01. The number of hydrogen-bond acceptors (Lipinski definition) is 6. The molecule has 0 saturated carbocycles. The standard InChI is InChI=1S/C31H32N4O4.C2HF3O2/c1-21-14-16-33-28(17-21)32-15-4-7-29(36)34-20-30(37)35-27(19-31(38)39)24-11-8-23(9-12-24)26-13-10-22-5-2-3-6-25(22)18-26;3-2(4,5)1(6)7/h2-3,5-6,8-14,16-18,27H,4,7,15,19-20H2,1H3,(H,32,33)(H,34,36)(H,35,37)(H,38,39);(H,6,7). The summed E-state index contributed by atoms with van der Waals surface area (Å²) in [5.41, 5.74) is 3.81. The monoisotopic (exact) mass is 638 g/mol. The maximum atomic E-state index is 12.5. The van der Waals surface area contributed by atoms with E-state index in [4.69, 9.17) is 9.90 Å². The fraction of sp³-hybridized carbons (Fsp3) is 0.242. The normalized spacial score (nSPS) is 11.5. The van der Waals surface area contributed by atoms with Gasteiger partial charge in [-0.3, -0.25) is 14.4 Å². The number of benzene rings is 3. The zero-order valence-corrected chi connectivity index (χ0v) is 24.8. The maximum absolute atomic E-state index is 12.5. The van der Waals surface area contributed by atoms with Gasteiger partial charge in [0.1, 0.15) is 5.82 Å². The third-order valence-electron chi connectivity index (χ3n) is 6.60. The number of halogens is 3. The van der Waals surface area contributed by atoms with Crippen LogP contribution in [0.25, 0.3) is 21.9 Å². The molecule has 0 saturated heterocycles. The zero-order chi connectivity index (χ0) is 33.7. The lowest BCUT2D eigenvalue weighted by atomic mass is 9.97. The summed E-state index contributed by atoms with van der Waals surface area (Å²) in [6.45, 7) is 2.33. The minimum Gasteiger partial charge on any atom is -0.481 e. The van der Waals surface area contributed by atoms with E-state index in [-0.39, 0.29) is 25.3 Å². The Bertz CT molecular complexity index is 1660.